The highest BCUT2D eigenvalue weighted by atomic mass is 79.9. The molecule has 2 aromatic rings. The Kier molecular flexibility index (Phi) is 4.27. The van der Waals surface area contributed by atoms with Crippen LogP contribution in [0.2, 0.25) is 5.02 Å². The number of carbonyl (C=O) groups is 1. The highest BCUT2D eigenvalue weighted by Gasteiger charge is 2.08. The van der Waals surface area contributed by atoms with E-state index in [1.54, 1.807) is 30.3 Å². The third-order valence-corrected chi connectivity index (χ3v) is 4.04. The zero-order chi connectivity index (χ0) is 13.1. The first kappa shape index (κ1) is 13.4. The molecule has 0 saturated carbocycles. The van der Waals surface area contributed by atoms with E-state index in [0.717, 1.165) is 9.35 Å². The molecule has 0 radical (unpaired) electrons. The van der Waals surface area contributed by atoms with Crippen LogP contribution in [0.3, 0.4) is 0 Å². The largest absolute Gasteiger partial charge is 0.487 e. The zero-order valence-corrected chi connectivity index (χ0v) is 12.2. The lowest BCUT2D eigenvalue weighted by molar-refractivity contribution is 0.0702. The number of carboxylic acid groups (broad SMARTS) is 1. The second kappa shape index (κ2) is 5.73. The SMILES string of the molecule is O=C(O)c1ccc(COc2ccc(Cl)cc2Br)s1. The first-order chi connectivity index (χ1) is 8.56. The van der Waals surface area contributed by atoms with Crippen LogP contribution in [0, 0.1) is 0 Å². The summed E-state index contributed by atoms with van der Waals surface area (Å²) >= 11 is 10.4. The molecule has 0 amide bonds. The van der Waals surface area contributed by atoms with Gasteiger partial charge in [0.05, 0.1) is 4.47 Å². The fraction of sp³-hybridized carbons (Fsp3) is 0.0833. The van der Waals surface area contributed by atoms with Gasteiger partial charge in [-0.05, 0) is 46.3 Å². The van der Waals surface area contributed by atoms with Crippen LogP contribution in [0.1, 0.15) is 14.5 Å². The molecule has 0 saturated heterocycles. The van der Waals surface area contributed by atoms with E-state index >= 15 is 0 Å². The summed E-state index contributed by atoms with van der Waals surface area (Å²) in [6.45, 7) is 0.332. The number of halogens is 2. The predicted octanol–water partition coefficient (Wildman–Crippen LogP) is 4.44. The lowest BCUT2D eigenvalue weighted by atomic mass is 10.3. The summed E-state index contributed by atoms with van der Waals surface area (Å²) in [7, 11) is 0. The van der Waals surface area contributed by atoms with Crippen molar-refractivity contribution in [3.63, 3.8) is 0 Å². The van der Waals surface area contributed by atoms with Gasteiger partial charge >= 0.3 is 5.97 Å². The Morgan fingerprint density at radius 3 is 2.78 bits per heavy atom. The van der Waals surface area contributed by atoms with Crippen LogP contribution in [-0.2, 0) is 6.61 Å². The van der Waals surface area contributed by atoms with Crippen molar-refractivity contribution in [2.24, 2.45) is 0 Å². The molecule has 0 spiro atoms. The minimum absolute atomic E-state index is 0.309. The van der Waals surface area contributed by atoms with Crippen LogP contribution < -0.4 is 4.74 Å². The minimum atomic E-state index is -0.918. The van der Waals surface area contributed by atoms with E-state index in [4.69, 9.17) is 21.4 Å². The minimum Gasteiger partial charge on any atom is -0.487 e. The maximum atomic E-state index is 10.7. The van der Waals surface area contributed by atoms with Crippen molar-refractivity contribution in [1.82, 2.24) is 0 Å². The van der Waals surface area contributed by atoms with Gasteiger partial charge in [-0.25, -0.2) is 4.79 Å². The zero-order valence-electron chi connectivity index (χ0n) is 9.02. The summed E-state index contributed by atoms with van der Waals surface area (Å²) < 4.78 is 6.35. The van der Waals surface area contributed by atoms with Gasteiger partial charge in [-0.1, -0.05) is 11.6 Å². The fourth-order valence-electron chi connectivity index (χ4n) is 1.31. The molecule has 1 aromatic carbocycles. The van der Waals surface area contributed by atoms with E-state index in [-0.39, 0.29) is 0 Å². The van der Waals surface area contributed by atoms with Gasteiger partial charge in [0.1, 0.15) is 17.2 Å². The van der Waals surface area contributed by atoms with Gasteiger partial charge in [0.25, 0.3) is 0 Å². The Balaban J connectivity index is 2.04. The Hall–Kier alpha value is -1.04. The molecule has 6 heteroatoms. The summed E-state index contributed by atoms with van der Waals surface area (Å²) in [4.78, 5) is 11.9. The van der Waals surface area contributed by atoms with Gasteiger partial charge in [0, 0.05) is 9.90 Å². The summed E-state index contributed by atoms with van der Waals surface area (Å²) in [5.41, 5.74) is 0. The first-order valence-electron chi connectivity index (χ1n) is 4.96. The molecule has 1 N–H and O–H groups in total. The second-order valence-electron chi connectivity index (χ2n) is 3.43. The third kappa shape index (κ3) is 3.25. The monoisotopic (exact) mass is 346 g/mol. The molecule has 0 aliphatic heterocycles. The lowest BCUT2D eigenvalue weighted by Crippen LogP contribution is -1.93. The maximum Gasteiger partial charge on any atom is 0.345 e. The van der Waals surface area contributed by atoms with Crippen molar-refractivity contribution >= 4 is 44.8 Å². The summed E-state index contributed by atoms with van der Waals surface area (Å²) in [5, 5.41) is 9.43. The topological polar surface area (TPSA) is 46.5 Å². The van der Waals surface area contributed by atoms with Gasteiger partial charge in [-0.2, -0.15) is 0 Å². The van der Waals surface area contributed by atoms with Crippen molar-refractivity contribution in [1.29, 1.82) is 0 Å². The first-order valence-corrected chi connectivity index (χ1v) is 6.95. The van der Waals surface area contributed by atoms with Crippen LogP contribution in [0.25, 0.3) is 0 Å². The Morgan fingerprint density at radius 2 is 2.17 bits per heavy atom. The van der Waals surface area contributed by atoms with Crippen LogP contribution in [-0.4, -0.2) is 11.1 Å². The normalized spacial score (nSPS) is 10.3. The lowest BCUT2D eigenvalue weighted by Gasteiger charge is -2.06. The Labute approximate surface area is 121 Å². The van der Waals surface area contributed by atoms with Crippen LogP contribution in [0.15, 0.2) is 34.8 Å². The number of ether oxygens (including phenoxy) is 1. The molecule has 1 heterocycles. The predicted molar refractivity (Wildman–Crippen MR) is 74.8 cm³/mol. The molecular weight excluding hydrogens is 340 g/mol. The summed E-state index contributed by atoms with van der Waals surface area (Å²) in [6, 6.07) is 8.56. The maximum absolute atomic E-state index is 10.7. The molecule has 0 fully saturated rings. The van der Waals surface area contributed by atoms with E-state index in [1.165, 1.54) is 11.3 Å². The highest BCUT2D eigenvalue weighted by molar-refractivity contribution is 9.10. The average molecular weight is 348 g/mol. The Morgan fingerprint density at radius 1 is 1.39 bits per heavy atom. The van der Waals surface area contributed by atoms with E-state index in [1.807, 2.05) is 0 Å². The van der Waals surface area contributed by atoms with E-state index in [0.29, 0.717) is 22.3 Å². The molecule has 0 atom stereocenters. The van der Waals surface area contributed by atoms with Gasteiger partial charge in [-0.3, -0.25) is 0 Å². The van der Waals surface area contributed by atoms with Crippen molar-refractivity contribution in [3.05, 3.63) is 49.6 Å². The second-order valence-corrected chi connectivity index (χ2v) is 5.89. The van der Waals surface area contributed by atoms with Crippen LogP contribution in [0.4, 0.5) is 0 Å². The van der Waals surface area contributed by atoms with Gasteiger partial charge in [0.2, 0.25) is 0 Å². The van der Waals surface area contributed by atoms with Gasteiger partial charge in [-0.15, -0.1) is 11.3 Å². The molecule has 18 heavy (non-hydrogen) atoms. The number of carboxylic acids is 1. The number of hydrogen-bond acceptors (Lipinski definition) is 3. The van der Waals surface area contributed by atoms with Crippen LogP contribution in [0.5, 0.6) is 5.75 Å². The van der Waals surface area contributed by atoms with E-state index in [2.05, 4.69) is 15.9 Å². The van der Waals surface area contributed by atoms with Crippen molar-refractivity contribution < 1.29 is 14.6 Å². The van der Waals surface area contributed by atoms with Gasteiger partial charge in [0.15, 0.2) is 0 Å². The van der Waals surface area contributed by atoms with E-state index in [9.17, 15) is 4.79 Å². The summed E-state index contributed by atoms with van der Waals surface area (Å²) in [6.07, 6.45) is 0. The smallest absolute Gasteiger partial charge is 0.345 e. The molecular formula is C12H8BrClO3S. The molecule has 94 valence electrons. The molecule has 0 aliphatic carbocycles. The van der Waals surface area contributed by atoms with Crippen molar-refractivity contribution in [2.75, 3.05) is 0 Å². The molecule has 2 rings (SSSR count). The van der Waals surface area contributed by atoms with Crippen molar-refractivity contribution in [2.45, 2.75) is 6.61 Å². The number of thiophene rings is 1. The number of aromatic carboxylic acids is 1. The molecule has 0 bridgehead atoms. The highest BCUT2D eigenvalue weighted by Crippen LogP contribution is 2.29. The molecule has 0 aliphatic rings. The van der Waals surface area contributed by atoms with Crippen LogP contribution >= 0.6 is 38.9 Å². The third-order valence-electron chi connectivity index (χ3n) is 2.14. The molecule has 3 nitrogen and oxygen atoms in total. The standard InChI is InChI=1S/C12H8BrClO3S/c13-9-5-7(14)1-3-10(9)17-6-8-2-4-11(18-8)12(15)16/h1-5H,6H2,(H,15,16). The molecule has 1 aromatic heterocycles. The number of benzene rings is 1. The number of rotatable bonds is 4. The molecule has 0 unspecified atom stereocenters. The summed E-state index contributed by atoms with van der Waals surface area (Å²) in [5.74, 6) is -0.247. The fourth-order valence-corrected chi connectivity index (χ4v) is 2.87. The quantitative estimate of drug-likeness (QED) is 0.889. The van der Waals surface area contributed by atoms with Gasteiger partial charge < -0.3 is 9.84 Å². The van der Waals surface area contributed by atoms with Crippen molar-refractivity contribution in [3.8, 4) is 5.75 Å². The average Bonchev–Trinajstić information content (AvgIpc) is 2.76. The number of hydrogen-bond donors (Lipinski definition) is 1. The van der Waals surface area contributed by atoms with E-state index < -0.39 is 5.97 Å². The Bertz CT molecular complexity index is 582.